The summed E-state index contributed by atoms with van der Waals surface area (Å²) >= 11 is 0. The van der Waals surface area contributed by atoms with Crippen molar-refractivity contribution in [3.63, 3.8) is 0 Å². The number of likely N-dealkylation sites (tertiary alicyclic amines) is 1. The third-order valence-electron chi connectivity index (χ3n) is 8.70. The Balaban J connectivity index is 1.31. The first-order valence-corrected chi connectivity index (χ1v) is 15.8. The molecule has 0 radical (unpaired) electrons. The third kappa shape index (κ3) is 7.86. The van der Waals surface area contributed by atoms with E-state index in [0.29, 0.717) is 31.5 Å². The second-order valence-corrected chi connectivity index (χ2v) is 13.2. The zero-order valence-corrected chi connectivity index (χ0v) is 23.5. The van der Waals surface area contributed by atoms with Gasteiger partial charge in [0.1, 0.15) is 11.6 Å². The molecule has 1 aromatic rings. The number of carbonyl (C=O) groups excluding carboxylic acids is 1. The maximum atomic E-state index is 14.1. The van der Waals surface area contributed by atoms with Crippen molar-refractivity contribution >= 4 is 16.1 Å². The van der Waals surface area contributed by atoms with Crippen LogP contribution in [0, 0.1) is 17.6 Å². The van der Waals surface area contributed by atoms with Gasteiger partial charge in [-0.05, 0) is 94.1 Å². The molecule has 8 nitrogen and oxygen atoms in total. The lowest BCUT2D eigenvalue weighted by Crippen LogP contribution is -2.52. The Hall–Kier alpha value is -1.82. The zero-order valence-electron chi connectivity index (χ0n) is 22.7. The van der Waals surface area contributed by atoms with Crippen molar-refractivity contribution in [3.8, 4) is 0 Å². The molecule has 11 heteroatoms. The molecule has 2 amide bonds. The molecule has 0 aromatic heterocycles. The van der Waals surface area contributed by atoms with Crippen LogP contribution in [0.5, 0.6) is 0 Å². The van der Waals surface area contributed by atoms with E-state index in [9.17, 15) is 22.0 Å². The number of amides is 2. The van der Waals surface area contributed by atoms with E-state index in [4.69, 9.17) is 0 Å². The van der Waals surface area contributed by atoms with E-state index >= 15 is 0 Å². The average molecular weight is 556 g/mol. The fourth-order valence-corrected chi connectivity index (χ4v) is 7.21. The molecule has 214 valence electrons. The number of rotatable bonds is 8. The maximum Gasteiger partial charge on any atom is 0.317 e. The average Bonchev–Trinajstić information content (AvgIpc) is 2.88. The molecule has 3 heterocycles. The second-order valence-electron chi connectivity index (χ2n) is 11.3. The molecular weight excluding hydrogens is 512 g/mol. The number of nitrogens with one attached hydrogen (secondary N) is 2. The predicted octanol–water partition coefficient (Wildman–Crippen LogP) is 2.97. The highest BCUT2D eigenvalue weighted by atomic mass is 32.2. The first-order valence-electron chi connectivity index (χ1n) is 14.0. The summed E-state index contributed by atoms with van der Waals surface area (Å²) in [5.74, 6) is -1.04. The fraction of sp³-hybridized carbons (Fsp3) is 0.741. The molecule has 2 N–H and O–H groups in total. The molecule has 3 aliphatic rings. The van der Waals surface area contributed by atoms with Gasteiger partial charge in [-0.25, -0.2) is 26.3 Å². The van der Waals surface area contributed by atoms with E-state index in [1.165, 1.54) is 22.7 Å². The van der Waals surface area contributed by atoms with Crippen molar-refractivity contribution in [2.24, 2.45) is 5.92 Å². The van der Waals surface area contributed by atoms with Gasteiger partial charge in [0.2, 0.25) is 10.0 Å². The van der Waals surface area contributed by atoms with Gasteiger partial charge in [0.15, 0.2) is 0 Å². The Morgan fingerprint density at radius 2 is 1.63 bits per heavy atom. The molecule has 1 aromatic carbocycles. The topological polar surface area (TPSA) is 85.0 Å². The van der Waals surface area contributed by atoms with Crippen LogP contribution >= 0.6 is 0 Å². The molecule has 4 rings (SSSR count). The van der Waals surface area contributed by atoms with Gasteiger partial charge in [0.05, 0.1) is 6.26 Å². The largest absolute Gasteiger partial charge is 0.335 e. The molecule has 0 saturated carbocycles. The van der Waals surface area contributed by atoms with Gasteiger partial charge in [-0.3, -0.25) is 0 Å². The number of nitrogens with zero attached hydrogens (tertiary/aromatic N) is 3. The van der Waals surface area contributed by atoms with Crippen LogP contribution < -0.4 is 10.6 Å². The second kappa shape index (κ2) is 13.0. The molecule has 0 bridgehead atoms. The summed E-state index contributed by atoms with van der Waals surface area (Å²) in [7, 11) is -1.36. The summed E-state index contributed by atoms with van der Waals surface area (Å²) in [4.78, 5) is 17.0. The van der Waals surface area contributed by atoms with Crippen molar-refractivity contribution in [1.29, 1.82) is 0 Å². The monoisotopic (exact) mass is 555 g/mol. The quantitative estimate of drug-likeness (QED) is 0.515. The molecule has 3 fully saturated rings. The summed E-state index contributed by atoms with van der Waals surface area (Å²) in [5, 5.41) is 6.49. The molecule has 0 aliphatic carbocycles. The molecule has 3 saturated heterocycles. The summed E-state index contributed by atoms with van der Waals surface area (Å²) in [6.45, 7) is 5.29. The van der Waals surface area contributed by atoms with Gasteiger partial charge in [0.25, 0.3) is 0 Å². The van der Waals surface area contributed by atoms with Crippen molar-refractivity contribution in [1.82, 2.24) is 24.7 Å². The lowest BCUT2D eigenvalue weighted by atomic mass is 9.78. The number of carbonyl (C=O) groups is 1. The van der Waals surface area contributed by atoms with Crippen molar-refractivity contribution in [2.45, 2.75) is 62.9 Å². The number of urea groups is 1. The number of piperidine rings is 3. The van der Waals surface area contributed by atoms with Crippen LogP contribution in [0.2, 0.25) is 0 Å². The van der Waals surface area contributed by atoms with E-state index in [1.54, 1.807) is 0 Å². The van der Waals surface area contributed by atoms with Gasteiger partial charge in [-0.1, -0.05) is 0 Å². The van der Waals surface area contributed by atoms with Crippen molar-refractivity contribution in [2.75, 3.05) is 59.1 Å². The highest BCUT2D eigenvalue weighted by Gasteiger charge is 2.32. The van der Waals surface area contributed by atoms with Crippen LogP contribution in [0.15, 0.2) is 18.2 Å². The Morgan fingerprint density at radius 1 is 1.03 bits per heavy atom. The molecular formula is C27H43F2N5O3S. The minimum atomic E-state index is -3.24. The Bertz CT molecular complexity index is 1020. The molecule has 1 atom stereocenters. The van der Waals surface area contributed by atoms with E-state index in [1.807, 2.05) is 11.9 Å². The van der Waals surface area contributed by atoms with Crippen LogP contribution in [0.4, 0.5) is 13.6 Å². The van der Waals surface area contributed by atoms with E-state index in [2.05, 4.69) is 15.5 Å². The highest BCUT2D eigenvalue weighted by molar-refractivity contribution is 7.88. The van der Waals surface area contributed by atoms with Crippen molar-refractivity contribution in [3.05, 3.63) is 35.4 Å². The minimum Gasteiger partial charge on any atom is -0.335 e. The van der Waals surface area contributed by atoms with Crippen LogP contribution in [0.3, 0.4) is 0 Å². The molecule has 3 aliphatic heterocycles. The van der Waals surface area contributed by atoms with Gasteiger partial charge >= 0.3 is 6.03 Å². The smallest absolute Gasteiger partial charge is 0.317 e. The lowest BCUT2D eigenvalue weighted by Gasteiger charge is -2.39. The molecule has 0 unspecified atom stereocenters. The van der Waals surface area contributed by atoms with Crippen molar-refractivity contribution < 1.29 is 22.0 Å². The number of hydrogen-bond donors (Lipinski definition) is 2. The Morgan fingerprint density at radius 3 is 2.21 bits per heavy atom. The standard InChI is InChI=1S/C27H43F2N5O3S/c1-32(27(35)31-24-3-10-30-11-4-24)25-7-12-33(13-8-25)14-9-26(21-17-22(28)19-23(29)18-21)20-5-15-34(16-6-20)38(2,36)37/h17-20,24-26,30H,3-16H2,1-2H3,(H,31,35)/t26-/m1/s1. The van der Waals surface area contributed by atoms with Crippen LogP contribution in [0.1, 0.15) is 56.4 Å². The first kappa shape index (κ1) is 29.2. The minimum absolute atomic E-state index is 0.00369. The lowest BCUT2D eigenvalue weighted by molar-refractivity contribution is 0.126. The van der Waals surface area contributed by atoms with Gasteiger partial charge in [-0.2, -0.15) is 0 Å². The van der Waals surface area contributed by atoms with Crippen LogP contribution in [0.25, 0.3) is 0 Å². The predicted molar refractivity (Wildman–Crippen MR) is 145 cm³/mol. The third-order valence-corrected chi connectivity index (χ3v) is 10.0. The van der Waals surface area contributed by atoms with Crippen LogP contribution in [-0.2, 0) is 10.0 Å². The van der Waals surface area contributed by atoms with E-state index < -0.39 is 21.7 Å². The zero-order chi connectivity index (χ0) is 27.3. The van der Waals surface area contributed by atoms with Gasteiger partial charge in [-0.15, -0.1) is 0 Å². The Labute approximate surface area is 226 Å². The van der Waals surface area contributed by atoms with Gasteiger partial charge in [0, 0.05) is 51.4 Å². The fourth-order valence-electron chi connectivity index (χ4n) is 6.33. The Kier molecular flexibility index (Phi) is 10.00. The van der Waals surface area contributed by atoms with E-state index in [-0.39, 0.29) is 30.0 Å². The molecule has 0 spiro atoms. The first-order chi connectivity index (χ1) is 18.1. The summed E-state index contributed by atoms with van der Waals surface area (Å²) < 4.78 is 53.7. The number of halogens is 2. The maximum absolute atomic E-state index is 14.1. The normalized spacial score (nSPS) is 22.3. The van der Waals surface area contributed by atoms with E-state index in [0.717, 1.165) is 70.9 Å². The highest BCUT2D eigenvalue weighted by Crippen LogP contribution is 2.37. The summed E-state index contributed by atoms with van der Waals surface area (Å²) in [5.41, 5.74) is 0.657. The number of sulfonamides is 1. The number of hydrogen-bond acceptors (Lipinski definition) is 5. The van der Waals surface area contributed by atoms with Gasteiger partial charge < -0.3 is 20.4 Å². The SMILES string of the molecule is CN(C(=O)NC1CCNCC1)C1CCN(CC[C@@H](c2cc(F)cc(F)c2)C2CCN(S(C)(=O)=O)CC2)CC1. The summed E-state index contributed by atoms with van der Waals surface area (Å²) in [6.07, 6.45) is 7.03. The molecule has 38 heavy (non-hydrogen) atoms. The summed E-state index contributed by atoms with van der Waals surface area (Å²) in [6, 6.07) is 4.19. The number of benzene rings is 1. The van der Waals surface area contributed by atoms with Crippen LogP contribution in [-0.4, -0.2) is 99.8 Å².